The Morgan fingerprint density at radius 1 is 1.50 bits per heavy atom. The monoisotopic (exact) mass is 300 g/mol. The molecule has 2 unspecified atom stereocenters. The summed E-state index contributed by atoms with van der Waals surface area (Å²) in [4.78, 5) is 0.187. The van der Waals surface area contributed by atoms with Crippen molar-refractivity contribution in [3.05, 3.63) is 22.7 Å². The van der Waals surface area contributed by atoms with Crippen LogP contribution < -0.4 is 5.32 Å². The molecule has 2 rings (SSSR count). The smallest absolute Gasteiger partial charge is 0.198 e. The van der Waals surface area contributed by atoms with E-state index >= 15 is 0 Å². The summed E-state index contributed by atoms with van der Waals surface area (Å²) in [6.45, 7) is 1.69. The van der Waals surface area contributed by atoms with Crippen molar-refractivity contribution in [3.8, 4) is 6.07 Å². The Morgan fingerprint density at radius 3 is 2.81 bits per heavy atom. The third kappa shape index (κ3) is 1.60. The van der Waals surface area contributed by atoms with Gasteiger partial charge in [-0.1, -0.05) is 15.9 Å². The predicted molar refractivity (Wildman–Crippen MR) is 63.8 cm³/mol. The van der Waals surface area contributed by atoms with Crippen LogP contribution in [0.25, 0.3) is 0 Å². The first-order valence-electron chi connectivity index (χ1n) is 4.66. The number of nitrogens with zero attached hydrogens (tertiary/aromatic N) is 1. The molecule has 0 aliphatic carbocycles. The molecule has 2 atom stereocenters. The summed E-state index contributed by atoms with van der Waals surface area (Å²) < 4.78 is 24.9. The van der Waals surface area contributed by atoms with E-state index < -0.39 is 21.1 Å². The van der Waals surface area contributed by atoms with Crippen molar-refractivity contribution in [2.75, 3.05) is 5.32 Å². The Balaban J connectivity index is 2.70. The van der Waals surface area contributed by atoms with Crippen LogP contribution in [0.1, 0.15) is 6.92 Å². The molecule has 1 aliphatic heterocycles. The second kappa shape index (κ2) is 3.75. The molecule has 1 heterocycles. The van der Waals surface area contributed by atoms with Crippen LogP contribution in [0, 0.1) is 11.3 Å². The summed E-state index contributed by atoms with van der Waals surface area (Å²) in [5.41, 5.74) is 0.558. The second-order valence-corrected chi connectivity index (χ2v) is 6.62. The van der Waals surface area contributed by atoms with Gasteiger partial charge in [-0.15, -0.1) is 0 Å². The van der Waals surface area contributed by atoms with Gasteiger partial charge in [0.1, 0.15) is 0 Å². The highest BCUT2D eigenvalue weighted by molar-refractivity contribution is 9.10. The largest absolute Gasteiger partial charge is 0.379 e. The third-order valence-electron chi connectivity index (χ3n) is 2.55. The number of hydrogen-bond donors (Lipinski definition) is 1. The maximum Gasteiger partial charge on any atom is 0.198 e. The lowest BCUT2D eigenvalue weighted by atomic mass is 10.2. The first-order chi connectivity index (χ1) is 7.46. The van der Waals surface area contributed by atoms with Gasteiger partial charge < -0.3 is 5.32 Å². The number of rotatable bonds is 0. The Hall–Kier alpha value is -1.06. The van der Waals surface area contributed by atoms with Gasteiger partial charge in [0.2, 0.25) is 0 Å². The molecular formula is C10H9BrN2O2S. The number of fused-ring (bicyclic) bond motifs is 1. The van der Waals surface area contributed by atoms with Crippen molar-refractivity contribution in [1.82, 2.24) is 0 Å². The normalized spacial score (nSPS) is 26.3. The van der Waals surface area contributed by atoms with E-state index in [-0.39, 0.29) is 4.90 Å². The predicted octanol–water partition coefficient (Wildman–Crippen LogP) is 1.93. The van der Waals surface area contributed by atoms with Crippen molar-refractivity contribution in [3.63, 3.8) is 0 Å². The van der Waals surface area contributed by atoms with E-state index in [4.69, 9.17) is 5.26 Å². The number of hydrogen-bond acceptors (Lipinski definition) is 4. The minimum atomic E-state index is -3.56. The minimum Gasteiger partial charge on any atom is -0.379 e. The average Bonchev–Trinajstić information content (AvgIpc) is 2.19. The van der Waals surface area contributed by atoms with E-state index in [1.54, 1.807) is 19.1 Å². The summed E-state index contributed by atoms with van der Waals surface area (Å²) >= 11 is 3.22. The van der Waals surface area contributed by atoms with Crippen LogP contribution in [0.15, 0.2) is 27.6 Å². The van der Waals surface area contributed by atoms with Crippen LogP contribution in [0.3, 0.4) is 0 Å². The summed E-state index contributed by atoms with van der Waals surface area (Å²) in [6, 6.07) is 6.42. The molecule has 0 radical (unpaired) electrons. The molecule has 0 spiro atoms. The quantitative estimate of drug-likeness (QED) is 0.795. The molecule has 0 fully saturated rings. The first kappa shape index (κ1) is 11.4. The molecule has 0 saturated carbocycles. The van der Waals surface area contributed by atoms with E-state index in [1.807, 2.05) is 6.07 Å². The Bertz CT molecular complexity index is 577. The van der Waals surface area contributed by atoms with Gasteiger partial charge in [-0.2, -0.15) is 5.26 Å². The molecule has 6 heteroatoms. The lowest BCUT2D eigenvalue weighted by Crippen LogP contribution is -2.40. The van der Waals surface area contributed by atoms with E-state index in [0.717, 1.165) is 0 Å². The number of nitriles is 1. The van der Waals surface area contributed by atoms with Crippen molar-refractivity contribution in [1.29, 1.82) is 5.26 Å². The van der Waals surface area contributed by atoms with Crippen LogP contribution in [0.5, 0.6) is 0 Å². The van der Waals surface area contributed by atoms with Gasteiger partial charge in [0.05, 0.1) is 22.7 Å². The lowest BCUT2D eigenvalue weighted by Gasteiger charge is -2.28. The highest BCUT2D eigenvalue weighted by Crippen LogP contribution is 2.34. The van der Waals surface area contributed by atoms with E-state index in [2.05, 4.69) is 21.2 Å². The summed E-state index contributed by atoms with van der Waals surface area (Å²) in [5.74, 6) is 0. The fourth-order valence-corrected chi connectivity index (χ4v) is 4.01. The molecule has 1 aromatic rings. The van der Waals surface area contributed by atoms with Crippen molar-refractivity contribution >= 4 is 31.5 Å². The van der Waals surface area contributed by atoms with Crippen LogP contribution in [-0.4, -0.2) is 19.7 Å². The minimum absolute atomic E-state index is 0.187. The zero-order chi connectivity index (χ0) is 11.9. The van der Waals surface area contributed by atoms with Gasteiger partial charge in [0.15, 0.2) is 15.1 Å². The van der Waals surface area contributed by atoms with Gasteiger partial charge in [-0.3, -0.25) is 0 Å². The number of benzene rings is 1. The first-order valence-corrected chi connectivity index (χ1v) is 7.00. The standard InChI is InChI=1S/C10H9BrN2O2S/c1-6-10(5-12)16(14,15)9-4-7(11)2-3-8(9)13-6/h2-4,6,10,13H,1H3. The number of anilines is 1. The summed E-state index contributed by atoms with van der Waals surface area (Å²) in [7, 11) is -3.56. The van der Waals surface area contributed by atoms with Crippen molar-refractivity contribution in [2.24, 2.45) is 0 Å². The summed E-state index contributed by atoms with van der Waals surface area (Å²) in [6.07, 6.45) is 0. The maximum absolute atomic E-state index is 12.1. The van der Waals surface area contributed by atoms with Crippen LogP contribution >= 0.6 is 15.9 Å². The SMILES string of the molecule is CC1Nc2ccc(Br)cc2S(=O)(=O)C1C#N. The fourth-order valence-electron chi connectivity index (χ4n) is 1.76. The van der Waals surface area contributed by atoms with E-state index in [0.29, 0.717) is 10.2 Å². The molecule has 0 aromatic heterocycles. The Labute approximate surface area is 102 Å². The number of sulfone groups is 1. The molecule has 1 aliphatic rings. The maximum atomic E-state index is 12.1. The highest BCUT2D eigenvalue weighted by atomic mass is 79.9. The van der Waals surface area contributed by atoms with E-state index in [9.17, 15) is 8.42 Å². The fraction of sp³-hybridized carbons (Fsp3) is 0.300. The van der Waals surface area contributed by atoms with Gasteiger partial charge in [-0.25, -0.2) is 8.42 Å². The second-order valence-electron chi connectivity index (χ2n) is 3.67. The van der Waals surface area contributed by atoms with Crippen LogP contribution in [0.4, 0.5) is 5.69 Å². The topological polar surface area (TPSA) is 70.0 Å². The van der Waals surface area contributed by atoms with Crippen LogP contribution in [-0.2, 0) is 9.84 Å². The Morgan fingerprint density at radius 2 is 2.19 bits per heavy atom. The average molecular weight is 301 g/mol. The molecule has 0 saturated heterocycles. The summed E-state index contributed by atoms with van der Waals surface area (Å²) in [5, 5.41) is 10.9. The molecule has 0 amide bonds. The van der Waals surface area contributed by atoms with Gasteiger partial charge in [0, 0.05) is 4.47 Å². The molecule has 4 nitrogen and oxygen atoms in total. The zero-order valence-corrected chi connectivity index (χ0v) is 10.8. The van der Waals surface area contributed by atoms with Gasteiger partial charge >= 0.3 is 0 Å². The molecular weight excluding hydrogens is 292 g/mol. The lowest BCUT2D eigenvalue weighted by molar-refractivity contribution is 0.578. The number of halogens is 1. The number of nitrogens with one attached hydrogen (secondary N) is 1. The highest BCUT2D eigenvalue weighted by Gasteiger charge is 2.38. The molecule has 0 bridgehead atoms. The zero-order valence-electron chi connectivity index (χ0n) is 8.44. The molecule has 16 heavy (non-hydrogen) atoms. The van der Waals surface area contributed by atoms with Gasteiger partial charge in [-0.05, 0) is 25.1 Å². The molecule has 1 N–H and O–H groups in total. The molecule has 1 aromatic carbocycles. The van der Waals surface area contributed by atoms with Crippen molar-refractivity contribution < 1.29 is 8.42 Å². The van der Waals surface area contributed by atoms with Crippen molar-refractivity contribution in [2.45, 2.75) is 23.1 Å². The van der Waals surface area contributed by atoms with E-state index in [1.165, 1.54) is 6.07 Å². The Kier molecular flexibility index (Phi) is 2.68. The van der Waals surface area contributed by atoms with Gasteiger partial charge in [0.25, 0.3) is 0 Å². The van der Waals surface area contributed by atoms with Crippen LogP contribution in [0.2, 0.25) is 0 Å². The molecule has 84 valence electrons. The third-order valence-corrected chi connectivity index (χ3v) is 5.18.